The molecule has 0 unspecified atom stereocenters. The van der Waals surface area contributed by atoms with E-state index in [-0.39, 0.29) is 12.5 Å². The molecule has 0 radical (unpaired) electrons. The minimum absolute atomic E-state index is 0.0810. The number of aromatic nitrogens is 4. The molecular weight excluding hydrogens is 320 g/mol. The van der Waals surface area contributed by atoms with E-state index in [0.29, 0.717) is 22.8 Å². The maximum absolute atomic E-state index is 12.4. The summed E-state index contributed by atoms with van der Waals surface area (Å²) in [5.74, 6) is 0.0647. The van der Waals surface area contributed by atoms with E-state index in [1.54, 1.807) is 24.3 Å². The molecule has 0 bridgehead atoms. The van der Waals surface area contributed by atoms with E-state index < -0.39 is 12.3 Å². The smallest absolute Gasteiger partial charge is 0.314 e. The van der Waals surface area contributed by atoms with E-state index in [2.05, 4.69) is 25.0 Å². The van der Waals surface area contributed by atoms with Gasteiger partial charge in [-0.2, -0.15) is 8.78 Å². The maximum atomic E-state index is 12.4. The number of benzene rings is 1. The first-order valence-corrected chi connectivity index (χ1v) is 6.69. The second-order valence-electron chi connectivity index (χ2n) is 4.53. The molecule has 0 fully saturated rings. The van der Waals surface area contributed by atoms with Gasteiger partial charge in [0.05, 0.1) is 12.1 Å². The van der Waals surface area contributed by atoms with Crippen molar-refractivity contribution in [3.05, 3.63) is 59.8 Å². The molecule has 24 heavy (non-hydrogen) atoms. The van der Waals surface area contributed by atoms with E-state index >= 15 is 0 Å². The number of rotatable bonds is 5. The number of ether oxygens (including phenoxy) is 1. The van der Waals surface area contributed by atoms with Crippen LogP contribution >= 0.6 is 0 Å². The third-order valence-corrected chi connectivity index (χ3v) is 2.89. The van der Waals surface area contributed by atoms with Crippen molar-refractivity contribution in [1.82, 2.24) is 20.2 Å². The molecule has 3 rings (SSSR count). The van der Waals surface area contributed by atoms with Gasteiger partial charge in [-0.3, -0.25) is 0 Å². The van der Waals surface area contributed by atoms with Crippen LogP contribution in [0.3, 0.4) is 0 Å². The Hall–Kier alpha value is -3.41. The van der Waals surface area contributed by atoms with Gasteiger partial charge in [-0.1, -0.05) is 12.1 Å². The highest BCUT2D eigenvalue weighted by atomic mass is 19.3. The number of halogens is 2. The summed E-state index contributed by atoms with van der Waals surface area (Å²) in [7, 11) is 0. The fourth-order valence-electron chi connectivity index (χ4n) is 1.77. The van der Waals surface area contributed by atoms with Crippen LogP contribution < -0.4 is 4.74 Å². The molecule has 0 aliphatic carbocycles. The predicted octanol–water partition coefficient (Wildman–Crippen LogP) is 3.59. The average Bonchev–Trinajstić information content (AvgIpc) is 3.11. The van der Waals surface area contributed by atoms with Crippen molar-refractivity contribution in [3.8, 4) is 17.2 Å². The highest BCUT2D eigenvalue weighted by molar-refractivity contribution is 5.49. The van der Waals surface area contributed by atoms with Crippen molar-refractivity contribution >= 4 is 5.69 Å². The summed E-state index contributed by atoms with van der Waals surface area (Å²) in [6, 6.07) is 6.70. The zero-order chi connectivity index (χ0) is 16.9. The Morgan fingerprint density at radius 1 is 1.21 bits per heavy atom. The Morgan fingerprint density at radius 2 is 2.00 bits per heavy atom. The molecule has 0 aliphatic heterocycles. The molecule has 0 aliphatic rings. The minimum atomic E-state index is -2.83. The van der Waals surface area contributed by atoms with Gasteiger partial charge in [0.15, 0.2) is 11.5 Å². The second-order valence-corrected chi connectivity index (χ2v) is 4.53. The lowest BCUT2D eigenvalue weighted by Crippen LogP contribution is -2.01. The first kappa shape index (κ1) is 15.5. The lowest BCUT2D eigenvalue weighted by atomic mass is 10.3. The Morgan fingerprint density at radius 3 is 2.67 bits per heavy atom. The topological polar surface area (TPSA) is 78.3 Å². The van der Waals surface area contributed by atoms with Gasteiger partial charge < -0.3 is 9.15 Å². The fraction of sp³-hybridized carbons (Fsp3) is 0.133. The van der Waals surface area contributed by atoms with Gasteiger partial charge in [0.2, 0.25) is 0 Å². The zero-order valence-electron chi connectivity index (χ0n) is 12.1. The van der Waals surface area contributed by atoms with Crippen LogP contribution in [0.15, 0.2) is 41.1 Å². The van der Waals surface area contributed by atoms with Crippen molar-refractivity contribution in [2.75, 3.05) is 0 Å². The molecule has 0 saturated heterocycles. The summed E-state index contributed by atoms with van der Waals surface area (Å²) in [6.45, 7) is 7.04. The van der Waals surface area contributed by atoms with Crippen LogP contribution in [0, 0.1) is 6.57 Å². The highest BCUT2D eigenvalue weighted by Gasteiger charge is 2.17. The number of hydrogen-bond acceptors (Lipinski definition) is 6. The normalized spacial score (nSPS) is 10.6. The van der Waals surface area contributed by atoms with Crippen molar-refractivity contribution in [2.45, 2.75) is 13.0 Å². The lowest BCUT2D eigenvalue weighted by Gasteiger charge is -2.05. The molecule has 1 aromatic carbocycles. The Labute approximate surface area is 134 Å². The van der Waals surface area contributed by atoms with Crippen LogP contribution in [-0.2, 0) is 6.61 Å². The van der Waals surface area contributed by atoms with Crippen LogP contribution in [0.4, 0.5) is 14.5 Å². The van der Waals surface area contributed by atoms with Crippen LogP contribution in [-0.4, -0.2) is 20.2 Å². The molecule has 120 valence electrons. The summed E-state index contributed by atoms with van der Waals surface area (Å²) in [5, 5.41) is 6.75. The third kappa shape index (κ3) is 3.49. The van der Waals surface area contributed by atoms with Gasteiger partial charge in [-0.15, -0.1) is 10.2 Å². The monoisotopic (exact) mass is 329 g/mol. The molecule has 7 nitrogen and oxygen atoms in total. The number of alkyl halides is 2. The van der Waals surface area contributed by atoms with Crippen molar-refractivity contribution < 1.29 is 17.9 Å². The summed E-state index contributed by atoms with van der Waals surface area (Å²) in [4.78, 5) is 11.4. The Balaban J connectivity index is 1.67. The first-order chi connectivity index (χ1) is 11.7. The fourth-order valence-corrected chi connectivity index (χ4v) is 1.77. The third-order valence-electron chi connectivity index (χ3n) is 2.89. The maximum Gasteiger partial charge on any atom is 0.314 e. The standard InChI is InChI=1S/C15H9F2N5O2/c1-18-10-3-2-4-11(5-10)23-8-12-19-6-9(7-20-12)14-21-22-15(24-14)13(16)17/h2-7,13H,8H2. The Bertz CT molecular complexity index is 874. The SMILES string of the molecule is [C-]#[N+]c1cccc(OCc2ncc(-c3nnc(C(F)F)o3)cn2)c1. The summed E-state index contributed by atoms with van der Waals surface area (Å²) in [6.07, 6.45) is -0.0698. The molecular formula is C15H9F2N5O2. The van der Waals surface area contributed by atoms with Gasteiger partial charge in [-0.05, 0) is 12.1 Å². The lowest BCUT2D eigenvalue weighted by molar-refractivity contribution is 0.116. The molecule has 2 heterocycles. The average molecular weight is 329 g/mol. The van der Waals surface area contributed by atoms with E-state index in [1.165, 1.54) is 12.4 Å². The molecule has 0 spiro atoms. The first-order valence-electron chi connectivity index (χ1n) is 6.69. The molecule has 0 N–H and O–H groups in total. The highest BCUT2D eigenvalue weighted by Crippen LogP contribution is 2.23. The van der Waals surface area contributed by atoms with Gasteiger partial charge >= 0.3 is 6.43 Å². The van der Waals surface area contributed by atoms with Crippen LogP contribution in [0.5, 0.6) is 5.75 Å². The largest absolute Gasteiger partial charge is 0.487 e. The molecule has 0 amide bonds. The summed E-state index contributed by atoms with van der Waals surface area (Å²) >= 11 is 0. The van der Waals surface area contributed by atoms with E-state index in [1.807, 2.05) is 0 Å². The van der Waals surface area contributed by atoms with E-state index in [9.17, 15) is 8.78 Å². The van der Waals surface area contributed by atoms with Crippen molar-refractivity contribution in [3.63, 3.8) is 0 Å². The van der Waals surface area contributed by atoms with Crippen molar-refractivity contribution in [1.29, 1.82) is 0 Å². The molecule has 9 heteroatoms. The molecule has 3 aromatic rings. The van der Waals surface area contributed by atoms with Crippen LogP contribution in [0.25, 0.3) is 16.3 Å². The quantitative estimate of drug-likeness (QED) is 0.666. The van der Waals surface area contributed by atoms with E-state index in [0.717, 1.165) is 0 Å². The van der Waals surface area contributed by atoms with Gasteiger partial charge in [-0.25, -0.2) is 14.8 Å². The predicted molar refractivity (Wildman–Crippen MR) is 77.3 cm³/mol. The van der Waals surface area contributed by atoms with Crippen molar-refractivity contribution in [2.24, 2.45) is 0 Å². The van der Waals surface area contributed by atoms with Gasteiger partial charge in [0.25, 0.3) is 11.8 Å². The number of hydrogen-bond donors (Lipinski definition) is 0. The zero-order valence-corrected chi connectivity index (χ0v) is 12.1. The van der Waals surface area contributed by atoms with E-state index in [4.69, 9.17) is 15.7 Å². The van der Waals surface area contributed by atoms with Crippen LogP contribution in [0.2, 0.25) is 0 Å². The Kier molecular flexibility index (Phi) is 4.38. The summed E-state index contributed by atoms with van der Waals surface area (Å²) < 4.78 is 35.1. The van der Waals surface area contributed by atoms with Gasteiger partial charge in [0.1, 0.15) is 12.4 Å². The minimum Gasteiger partial charge on any atom is -0.487 e. The summed E-state index contributed by atoms with van der Waals surface area (Å²) in [5.41, 5.74) is 0.795. The van der Waals surface area contributed by atoms with Crippen LogP contribution in [0.1, 0.15) is 18.1 Å². The molecule has 0 saturated carbocycles. The van der Waals surface area contributed by atoms with Gasteiger partial charge in [0, 0.05) is 12.4 Å². The number of nitrogens with zero attached hydrogens (tertiary/aromatic N) is 5. The molecule has 0 atom stereocenters. The second kappa shape index (κ2) is 6.78. The molecule has 2 aromatic heterocycles.